The van der Waals surface area contributed by atoms with Crippen LogP contribution in [0.15, 0.2) is 18.2 Å². The average molecular weight is 248 g/mol. The molecule has 0 aliphatic rings. The highest BCUT2D eigenvalue weighted by atomic mass is 16.6. The number of non-ortho nitro benzene ring substituents is 1. The van der Waals surface area contributed by atoms with Crippen molar-refractivity contribution in [3.63, 3.8) is 0 Å². The maximum Gasteiger partial charge on any atom is 0.270 e. The molecule has 0 saturated carbocycles. The molecule has 1 atom stereocenters. The van der Waals surface area contributed by atoms with Gasteiger partial charge in [-0.1, -0.05) is 6.92 Å². The van der Waals surface area contributed by atoms with Crippen molar-refractivity contribution in [3.8, 4) is 6.07 Å². The first-order chi connectivity index (χ1) is 8.49. The second-order valence-electron chi connectivity index (χ2n) is 3.60. The maximum atomic E-state index is 11.6. The standard InChI is InChI=1S/C11H12N4O3/c1-2-9(13)11(16)14-10-4-3-8(15(17)18)5-7(10)6-12/h3-5,9H,2,13H2,1H3,(H,14,16). The lowest BCUT2D eigenvalue weighted by atomic mass is 10.1. The van der Waals surface area contributed by atoms with Gasteiger partial charge in [0.25, 0.3) is 5.69 Å². The molecule has 0 radical (unpaired) electrons. The highest BCUT2D eigenvalue weighted by molar-refractivity contribution is 5.95. The molecule has 7 nitrogen and oxygen atoms in total. The molecule has 0 heterocycles. The maximum absolute atomic E-state index is 11.6. The molecule has 0 fully saturated rings. The molecule has 3 N–H and O–H groups in total. The number of anilines is 1. The summed E-state index contributed by atoms with van der Waals surface area (Å²) in [5, 5.41) is 21.9. The molecule has 1 rings (SSSR count). The van der Waals surface area contributed by atoms with Crippen LogP contribution >= 0.6 is 0 Å². The number of carbonyl (C=O) groups is 1. The van der Waals surface area contributed by atoms with E-state index in [4.69, 9.17) is 11.0 Å². The third-order valence-electron chi connectivity index (χ3n) is 2.37. The third-order valence-corrected chi connectivity index (χ3v) is 2.37. The quantitative estimate of drug-likeness (QED) is 0.611. The predicted octanol–water partition coefficient (Wildman–Crippen LogP) is 1.14. The van der Waals surface area contributed by atoms with E-state index in [0.29, 0.717) is 6.42 Å². The molecule has 1 unspecified atom stereocenters. The van der Waals surface area contributed by atoms with Crippen molar-refractivity contribution in [2.45, 2.75) is 19.4 Å². The SMILES string of the molecule is CCC(N)C(=O)Nc1ccc([N+](=O)[O-])cc1C#N. The minimum absolute atomic E-state index is 0.0286. The highest BCUT2D eigenvalue weighted by Gasteiger charge is 2.15. The Morgan fingerprint density at radius 2 is 2.33 bits per heavy atom. The van der Waals surface area contributed by atoms with Crippen molar-refractivity contribution in [3.05, 3.63) is 33.9 Å². The molecule has 0 bridgehead atoms. The van der Waals surface area contributed by atoms with E-state index in [-0.39, 0.29) is 16.9 Å². The molecule has 1 amide bonds. The number of rotatable bonds is 4. The zero-order chi connectivity index (χ0) is 13.7. The van der Waals surface area contributed by atoms with Gasteiger partial charge in [0.05, 0.1) is 22.2 Å². The van der Waals surface area contributed by atoms with Gasteiger partial charge in [-0.3, -0.25) is 14.9 Å². The van der Waals surface area contributed by atoms with Gasteiger partial charge in [-0.15, -0.1) is 0 Å². The number of nitrogens with one attached hydrogen (secondary N) is 1. The van der Waals surface area contributed by atoms with Gasteiger partial charge in [0.1, 0.15) is 6.07 Å². The number of nitriles is 1. The van der Waals surface area contributed by atoms with Gasteiger partial charge >= 0.3 is 0 Å². The number of nitrogens with zero attached hydrogens (tertiary/aromatic N) is 2. The number of benzene rings is 1. The Bertz CT molecular complexity index is 522. The lowest BCUT2D eigenvalue weighted by molar-refractivity contribution is -0.384. The molecular weight excluding hydrogens is 236 g/mol. The van der Waals surface area contributed by atoms with E-state index in [9.17, 15) is 14.9 Å². The fourth-order valence-corrected chi connectivity index (χ4v) is 1.26. The van der Waals surface area contributed by atoms with Crippen LogP contribution in [0.1, 0.15) is 18.9 Å². The molecule has 1 aromatic rings. The second-order valence-corrected chi connectivity index (χ2v) is 3.60. The fourth-order valence-electron chi connectivity index (χ4n) is 1.26. The first-order valence-electron chi connectivity index (χ1n) is 5.24. The van der Waals surface area contributed by atoms with Crippen LogP contribution in [0.5, 0.6) is 0 Å². The van der Waals surface area contributed by atoms with E-state index in [1.165, 1.54) is 12.1 Å². The zero-order valence-electron chi connectivity index (χ0n) is 9.71. The summed E-state index contributed by atoms with van der Waals surface area (Å²) in [6, 6.07) is 4.76. The number of hydrogen-bond donors (Lipinski definition) is 2. The van der Waals surface area contributed by atoms with Gasteiger partial charge in [0.15, 0.2) is 0 Å². The first-order valence-corrected chi connectivity index (χ1v) is 5.24. The van der Waals surface area contributed by atoms with E-state index < -0.39 is 16.9 Å². The van der Waals surface area contributed by atoms with Crippen LogP contribution in [0.2, 0.25) is 0 Å². The zero-order valence-corrected chi connectivity index (χ0v) is 9.71. The molecule has 0 spiro atoms. The van der Waals surface area contributed by atoms with E-state index >= 15 is 0 Å². The largest absolute Gasteiger partial charge is 0.324 e. The van der Waals surface area contributed by atoms with Crippen molar-refractivity contribution in [2.24, 2.45) is 5.73 Å². The van der Waals surface area contributed by atoms with Crippen LogP contribution in [0, 0.1) is 21.4 Å². The Balaban J connectivity index is 3.01. The lowest BCUT2D eigenvalue weighted by Crippen LogP contribution is -2.35. The van der Waals surface area contributed by atoms with Gasteiger partial charge in [-0.2, -0.15) is 5.26 Å². The van der Waals surface area contributed by atoms with E-state index in [1.54, 1.807) is 13.0 Å². The highest BCUT2D eigenvalue weighted by Crippen LogP contribution is 2.21. The summed E-state index contributed by atoms with van der Waals surface area (Å²) < 4.78 is 0. The predicted molar refractivity (Wildman–Crippen MR) is 64.7 cm³/mol. The monoisotopic (exact) mass is 248 g/mol. The molecule has 94 valence electrons. The average Bonchev–Trinajstić information content (AvgIpc) is 2.37. The molecule has 0 saturated heterocycles. The van der Waals surface area contributed by atoms with Gasteiger partial charge in [0, 0.05) is 12.1 Å². The normalized spacial score (nSPS) is 11.4. The summed E-state index contributed by atoms with van der Waals surface area (Å²) in [6.45, 7) is 1.76. The minimum Gasteiger partial charge on any atom is -0.324 e. The Morgan fingerprint density at radius 3 is 2.83 bits per heavy atom. The van der Waals surface area contributed by atoms with E-state index in [1.807, 2.05) is 0 Å². The third kappa shape index (κ3) is 3.02. The molecule has 0 aromatic heterocycles. The number of hydrogen-bond acceptors (Lipinski definition) is 5. The van der Waals surface area contributed by atoms with Gasteiger partial charge in [-0.05, 0) is 12.5 Å². The lowest BCUT2D eigenvalue weighted by Gasteiger charge is -2.10. The molecule has 18 heavy (non-hydrogen) atoms. The minimum atomic E-state index is -0.674. The summed E-state index contributed by atoms with van der Waals surface area (Å²) in [6.07, 6.45) is 0.459. The van der Waals surface area contributed by atoms with Crippen molar-refractivity contribution in [1.82, 2.24) is 0 Å². The fraction of sp³-hybridized carbons (Fsp3) is 0.273. The van der Waals surface area contributed by atoms with Gasteiger partial charge < -0.3 is 11.1 Å². The summed E-state index contributed by atoms with van der Waals surface area (Å²) in [4.78, 5) is 21.5. The van der Waals surface area contributed by atoms with Crippen LogP contribution in [-0.4, -0.2) is 16.9 Å². The summed E-state index contributed by atoms with van der Waals surface area (Å²) in [5.74, 6) is -0.428. The number of nitrogens with two attached hydrogens (primary N) is 1. The number of amides is 1. The molecule has 0 aliphatic heterocycles. The summed E-state index contributed by atoms with van der Waals surface area (Å²) in [5.41, 5.74) is 5.57. The van der Waals surface area contributed by atoms with Crippen molar-refractivity contribution in [1.29, 1.82) is 5.26 Å². The van der Waals surface area contributed by atoms with E-state index in [2.05, 4.69) is 5.32 Å². The van der Waals surface area contributed by atoms with Crippen molar-refractivity contribution >= 4 is 17.3 Å². The Kier molecular flexibility index (Phi) is 4.34. The van der Waals surface area contributed by atoms with Crippen molar-refractivity contribution in [2.75, 3.05) is 5.32 Å². The van der Waals surface area contributed by atoms with Crippen LogP contribution in [0.25, 0.3) is 0 Å². The van der Waals surface area contributed by atoms with E-state index in [0.717, 1.165) is 6.07 Å². The summed E-state index contributed by atoms with van der Waals surface area (Å²) >= 11 is 0. The van der Waals surface area contributed by atoms with Crippen molar-refractivity contribution < 1.29 is 9.72 Å². The van der Waals surface area contributed by atoms with Crippen LogP contribution in [-0.2, 0) is 4.79 Å². The van der Waals surface area contributed by atoms with Gasteiger partial charge in [0.2, 0.25) is 5.91 Å². The van der Waals surface area contributed by atoms with Crippen LogP contribution in [0.4, 0.5) is 11.4 Å². The Hall–Kier alpha value is -2.46. The molecular formula is C11H12N4O3. The molecule has 7 heteroatoms. The first kappa shape index (κ1) is 13.6. The van der Waals surface area contributed by atoms with Gasteiger partial charge in [-0.25, -0.2) is 0 Å². The number of carbonyl (C=O) groups excluding carboxylic acids is 1. The van der Waals surface area contributed by atoms with Crippen LogP contribution in [0.3, 0.4) is 0 Å². The number of nitro benzene ring substituents is 1. The molecule has 0 aliphatic carbocycles. The second kappa shape index (κ2) is 5.75. The summed E-state index contributed by atoms with van der Waals surface area (Å²) in [7, 11) is 0. The Labute approximate surface area is 103 Å². The Morgan fingerprint density at radius 1 is 1.67 bits per heavy atom. The topological polar surface area (TPSA) is 122 Å². The molecule has 1 aromatic carbocycles. The van der Waals surface area contributed by atoms with Crippen LogP contribution < -0.4 is 11.1 Å². The number of nitro groups is 1. The smallest absolute Gasteiger partial charge is 0.270 e.